The molecule has 0 fully saturated rings. The molecule has 0 aliphatic rings. The highest BCUT2D eigenvalue weighted by molar-refractivity contribution is 5.80. The van der Waals surface area contributed by atoms with E-state index in [0.717, 1.165) is 11.3 Å². The van der Waals surface area contributed by atoms with E-state index in [1.165, 1.54) is 7.11 Å². The van der Waals surface area contributed by atoms with E-state index < -0.39 is 6.10 Å². The number of nitrogens with one attached hydrogen (secondary N) is 1. The fourth-order valence-corrected chi connectivity index (χ4v) is 1.41. The number of hydrogen-bond donors (Lipinski definition) is 1. The second-order valence-corrected chi connectivity index (χ2v) is 3.88. The summed E-state index contributed by atoms with van der Waals surface area (Å²) in [5, 5.41) is 2.88. The Bertz CT molecular complexity index is 361. The first-order valence-electron chi connectivity index (χ1n) is 5.55. The van der Waals surface area contributed by atoms with Crippen LogP contribution >= 0.6 is 0 Å². The first-order valence-corrected chi connectivity index (χ1v) is 5.55. The maximum Gasteiger partial charge on any atom is 0.249 e. The van der Waals surface area contributed by atoms with E-state index in [1.54, 1.807) is 14.0 Å². The summed E-state index contributed by atoms with van der Waals surface area (Å²) in [5.41, 5.74) is 1.03. The summed E-state index contributed by atoms with van der Waals surface area (Å²) in [5.74, 6) is 0.688. The summed E-state index contributed by atoms with van der Waals surface area (Å²) < 4.78 is 10.0. The molecular weight excluding hydrogens is 218 g/mol. The van der Waals surface area contributed by atoms with E-state index >= 15 is 0 Å². The molecule has 0 heterocycles. The number of benzene rings is 1. The molecule has 0 radical (unpaired) electrons. The van der Waals surface area contributed by atoms with Crippen molar-refractivity contribution in [3.05, 3.63) is 29.8 Å². The van der Waals surface area contributed by atoms with Crippen LogP contribution in [0.2, 0.25) is 0 Å². The molecule has 1 N–H and O–H groups in total. The molecule has 17 heavy (non-hydrogen) atoms. The molecule has 1 amide bonds. The molecule has 0 bridgehead atoms. The molecule has 2 atom stereocenters. The smallest absolute Gasteiger partial charge is 0.249 e. The zero-order valence-electron chi connectivity index (χ0n) is 10.7. The van der Waals surface area contributed by atoms with E-state index in [4.69, 9.17) is 9.47 Å². The summed E-state index contributed by atoms with van der Waals surface area (Å²) >= 11 is 0. The minimum absolute atomic E-state index is 0.0500. The van der Waals surface area contributed by atoms with Gasteiger partial charge in [0.2, 0.25) is 5.91 Å². The Balaban J connectivity index is 2.63. The number of carbonyl (C=O) groups excluding carboxylic acids is 1. The van der Waals surface area contributed by atoms with Crippen molar-refractivity contribution in [2.24, 2.45) is 0 Å². The van der Waals surface area contributed by atoms with Gasteiger partial charge >= 0.3 is 0 Å². The van der Waals surface area contributed by atoms with Crippen LogP contribution in [0.5, 0.6) is 5.75 Å². The van der Waals surface area contributed by atoms with Gasteiger partial charge in [-0.2, -0.15) is 0 Å². The Labute approximate surface area is 102 Å². The van der Waals surface area contributed by atoms with Crippen molar-refractivity contribution in [1.82, 2.24) is 5.32 Å². The Hall–Kier alpha value is -1.55. The monoisotopic (exact) mass is 237 g/mol. The average molecular weight is 237 g/mol. The summed E-state index contributed by atoms with van der Waals surface area (Å²) in [7, 11) is 3.14. The topological polar surface area (TPSA) is 47.6 Å². The van der Waals surface area contributed by atoms with Gasteiger partial charge in [0, 0.05) is 7.11 Å². The van der Waals surface area contributed by atoms with Gasteiger partial charge in [0.05, 0.1) is 13.2 Å². The fraction of sp³-hybridized carbons (Fsp3) is 0.462. The van der Waals surface area contributed by atoms with Crippen molar-refractivity contribution in [1.29, 1.82) is 0 Å². The largest absolute Gasteiger partial charge is 0.497 e. The standard InChI is InChI=1S/C13H19NO3/c1-9(14-13(15)10(2)16-3)11-5-7-12(17-4)8-6-11/h5-10H,1-4H3,(H,14,15). The fourth-order valence-electron chi connectivity index (χ4n) is 1.41. The lowest BCUT2D eigenvalue weighted by Gasteiger charge is -2.17. The number of rotatable bonds is 5. The predicted octanol–water partition coefficient (Wildman–Crippen LogP) is 1.91. The van der Waals surface area contributed by atoms with Gasteiger partial charge in [0.25, 0.3) is 0 Å². The average Bonchev–Trinajstić information content (AvgIpc) is 2.37. The van der Waals surface area contributed by atoms with Gasteiger partial charge in [0.15, 0.2) is 0 Å². The highest BCUT2D eigenvalue weighted by Crippen LogP contribution is 2.17. The summed E-state index contributed by atoms with van der Waals surface area (Å²) in [6.45, 7) is 3.65. The molecule has 4 nitrogen and oxygen atoms in total. The van der Waals surface area contributed by atoms with E-state index in [0.29, 0.717) is 0 Å². The van der Waals surface area contributed by atoms with Crippen molar-refractivity contribution >= 4 is 5.91 Å². The minimum atomic E-state index is -0.435. The van der Waals surface area contributed by atoms with Crippen molar-refractivity contribution in [2.45, 2.75) is 26.0 Å². The molecule has 0 aliphatic heterocycles. The van der Waals surface area contributed by atoms with Gasteiger partial charge in [-0.1, -0.05) is 12.1 Å². The highest BCUT2D eigenvalue weighted by Gasteiger charge is 2.15. The minimum Gasteiger partial charge on any atom is -0.497 e. The van der Waals surface area contributed by atoms with E-state index in [-0.39, 0.29) is 11.9 Å². The lowest BCUT2D eigenvalue weighted by atomic mass is 10.1. The van der Waals surface area contributed by atoms with Gasteiger partial charge in [-0.3, -0.25) is 4.79 Å². The van der Waals surface area contributed by atoms with Crippen LogP contribution in [0, 0.1) is 0 Å². The molecule has 2 unspecified atom stereocenters. The highest BCUT2D eigenvalue weighted by atomic mass is 16.5. The van der Waals surface area contributed by atoms with Crippen LogP contribution < -0.4 is 10.1 Å². The maximum absolute atomic E-state index is 11.6. The normalized spacial score (nSPS) is 13.9. The quantitative estimate of drug-likeness (QED) is 0.851. The zero-order valence-corrected chi connectivity index (χ0v) is 10.7. The van der Waals surface area contributed by atoms with Crippen LogP contribution in [-0.2, 0) is 9.53 Å². The Kier molecular flexibility index (Phi) is 4.97. The lowest BCUT2D eigenvalue weighted by molar-refractivity contribution is -0.130. The van der Waals surface area contributed by atoms with Crippen molar-refractivity contribution in [3.63, 3.8) is 0 Å². The van der Waals surface area contributed by atoms with Crippen LogP contribution in [-0.4, -0.2) is 26.2 Å². The van der Waals surface area contributed by atoms with E-state index in [9.17, 15) is 4.79 Å². The van der Waals surface area contributed by atoms with Crippen LogP contribution in [0.4, 0.5) is 0 Å². The van der Waals surface area contributed by atoms with Crippen LogP contribution in [0.1, 0.15) is 25.5 Å². The molecule has 94 valence electrons. The molecule has 0 saturated heterocycles. The SMILES string of the molecule is COc1ccc(C(C)NC(=O)C(C)OC)cc1. The van der Waals surface area contributed by atoms with E-state index in [1.807, 2.05) is 31.2 Å². The second-order valence-electron chi connectivity index (χ2n) is 3.88. The number of amides is 1. The zero-order chi connectivity index (χ0) is 12.8. The summed E-state index contributed by atoms with van der Waals surface area (Å²) in [6, 6.07) is 7.56. The molecule has 1 aromatic rings. The molecular formula is C13H19NO3. The molecule has 0 aliphatic carbocycles. The second kappa shape index (κ2) is 6.25. The molecule has 0 spiro atoms. The van der Waals surface area contributed by atoms with Crippen LogP contribution in [0.25, 0.3) is 0 Å². The van der Waals surface area contributed by atoms with Gasteiger partial charge in [-0.25, -0.2) is 0 Å². The maximum atomic E-state index is 11.6. The van der Waals surface area contributed by atoms with Crippen molar-refractivity contribution < 1.29 is 14.3 Å². The number of ether oxygens (including phenoxy) is 2. The molecule has 4 heteroatoms. The predicted molar refractivity (Wildman–Crippen MR) is 66.0 cm³/mol. The van der Waals surface area contributed by atoms with Gasteiger partial charge < -0.3 is 14.8 Å². The van der Waals surface area contributed by atoms with Gasteiger partial charge in [-0.05, 0) is 31.5 Å². The molecule has 0 aromatic heterocycles. The Morgan fingerprint density at radius 1 is 1.18 bits per heavy atom. The first-order chi connectivity index (χ1) is 8.08. The number of carbonyl (C=O) groups is 1. The third-order valence-electron chi connectivity index (χ3n) is 2.70. The summed E-state index contributed by atoms with van der Waals surface area (Å²) in [4.78, 5) is 11.6. The van der Waals surface area contributed by atoms with Crippen LogP contribution in [0.3, 0.4) is 0 Å². The van der Waals surface area contributed by atoms with Gasteiger partial charge in [-0.15, -0.1) is 0 Å². The van der Waals surface area contributed by atoms with Crippen molar-refractivity contribution in [3.8, 4) is 5.75 Å². The van der Waals surface area contributed by atoms with Crippen LogP contribution in [0.15, 0.2) is 24.3 Å². The lowest BCUT2D eigenvalue weighted by Crippen LogP contribution is -2.35. The molecule has 0 saturated carbocycles. The number of methoxy groups -OCH3 is 2. The number of hydrogen-bond acceptors (Lipinski definition) is 3. The van der Waals surface area contributed by atoms with Gasteiger partial charge in [0.1, 0.15) is 11.9 Å². The Morgan fingerprint density at radius 2 is 1.76 bits per heavy atom. The third kappa shape index (κ3) is 3.75. The van der Waals surface area contributed by atoms with E-state index in [2.05, 4.69) is 5.32 Å². The molecule has 1 aromatic carbocycles. The first kappa shape index (κ1) is 13.5. The third-order valence-corrected chi connectivity index (χ3v) is 2.70. The summed E-state index contributed by atoms with van der Waals surface area (Å²) in [6.07, 6.45) is -0.435. The Morgan fingerprint density at radius 3 is 2.24 bits per heavy atom. The van der Waals surface area contributed by atoms with Crippen molar-refractivity contribution in [2.75, 3.05) is 14.2 Å². The molecule has 1 rings (SSSR count).